The van der Waals surface area contributed by atoms with E-state index in [0.29, 0.717) is 12.8 Å². The molecule has 0 heterocycles. The van der Waals surface area contributed by atoms with Crippen molar-refractivity contribution in [1.82, 2.24) is 5.32 Å². The molecule has 0 aliphatic heterocycles. The molecule has 0 spiro atoms. The summed E-state index contributed by atoms with van der Waals surface area (Å²) < 4.78 is 22.0. The summed E-state index contributed by atoms with van der Waals surface area (Å²) in [4.78, 5) is 22.7. The van der Waals surface area contributed by atoms with E-state index in [1.54, 1.807) is 6.08 Å². The van der Waals surface area contributed by atoms with Gasteiger partial charge in [-0.1, -0.05) is 179 Å². The van der Waals surface area contributed by atoms with E-state index in [4.69, 9.17) is 14.8 Å². The fraction of sp³-hybridized carbons (Fsp3) is 0.878. The molecule has 0 fully saturated rings. The quantitative estimate of drug-likeness (QED) is 0.0237. The fourth-order valence-electron chi connectivity index (χ4n) is 6.13. The second-order valence-electron chi connectivity index (χ2n) is 14.4. The molecule has 0 radical (unpaired) electrons. The van der Waals surface area contributed by atoms with Crippen LogP contribution >= 0.6 is 7.82 Å². The Balaban J connectivity index is 4.40. The Labute approximate surface area is 313 Å². The number of phosphoric acid groups is 1. The molecule has 51 heavy (non-hydrogen) atoms. The van der Waals surface area contributed by atoms with Gasteiger partial charge in [0.25, 0.3) is 0 Å². The topological polar surface area (TPSA) is 151 Å². The van der Waals surface area contributed by atoms with Crippen molar-refractivity contribution in [2.75, 3.05) is 19.8 Å². The van der Waals surface area contributed by atoms with Gasteiger partial charge in [0, 0.05) is 6.54 Å². The SMILES string of the molecule is CCCCCCCCCCC/C=C/CC/C=C/C(O)C(COP(=O)(O)OCCN)NC(=O)CC(O)CCCCCCCCCCCCCCCC. The van der Waals surface area contributed by atoms with Crippen molar-refractivity contribution in [2.45, 2.75) is 212 Å². The summed E-state index contributed by atoms with van der Waals surface area (Å²) in [5.41, 5.74) is 5.35. The van der Waals surface area contributed by atoms with E-state index in [9.17, 15) is 24.5 Å². The third kappa shape index (κ3) is 35.7. The Morgan fingerprint density at radius 2 is 1.12 bits per heavy atom. The van der Waals surface area contributed by atoms with Gasteiger partial charge in [0.05, 0.1) is 37.9 Å². The Bertz CT molecular complexity index is 873. The minimum Gasteiger partial charge on any atom is -0.393 e. The van der Waals surface area contributed by atoms with Crippen molar-refractivity contribution >= 4 is 13.7 Å². The number of allylic oxidation sites excluding steroid dienone is 3. The lowest BCUT2D eigenvalue weighted by atomic mass is 10.0. The van der Waals surface area contributed by atoms with Crippen LogP contribution in [0.3, 0.4) is 0 Å². The molecular weight excluding hydrogens is 663 g/mol. The van der Waals surface area contributed by atoms with Crippen LogP contribution in [0.1, 0.15) is 194 Å². The Morgan fingerprint density at radius 1 is 0.667 bits per heavy atom. The number of aliphatic hydroxyl groups is 2. The first-order chi connectivity index (χ1) is 24.8. The van der Waals surface area contributed by atoms with Crippen LogP contribution in [0.15, 0.2) is 24.3 Å². The molecule has 9 nitrogen and oxygen atoms in total. The number of carbonyl (C=O) groups excluding carboxylic acids is 1. The van der Waals surface area contributed by atoms with Crippen LogP contribution in [0.4, 0.5) is 0 Å². The molecule has 0 saturated heterocycles. The molecule has 0 aliphatic rings. The molecule has 0 aromatic heterocycles. The zero-order valence-corrected chi connectivity index (χ0v) is 33.9. The third-order valence-electron chi connectivity index (χ3n) is 9.33. The van der Waals surface area contributed by atoms with Gasteiger partial charge < -0.3 is 26.2 Å². The minimum absolute atomic E-state index is 0.0459. The van der Waals surface area contributed by atoms with Crippen LogP contribution < -0.4 is 11.1 Å². The van der Waals surface area contributed by atoms with E-state index < -0.39 is 38.6 Å². The summed E-state index contributed by atoms with van der Waals surface area (Å²) in [7, 11) is -4.40. The predicted molar refractivity (Wildman–Crippen MR) is 214 cm³/mol. The fourth-order valence-corrected chi connectivity index (χ4v) is 6.89. The Morgan fingerprint density at radius 3 is 1.63 bits per heavy atom. The number of nitrogens with two attached hydrogens (primary N) is 1. The van der Waals surface area contributed by atoms with E-state index in [1.807, 2.05) is 6.08 Å². The summed E-state index contributed by atoms with van der Waals surface area (Å²) in [6.45, 7) is 3.95. The number of hydrogen-bond acceptors (Lipinski definition) is 7. The maximum absolute atomic E-state index is 12.8. The highest BCUT2D eigenvalue weighted by atomic mass is 31.2. The minimum atomic E-state index is -4.40. The number of rotatable bonds is 39. The molecule has 0 bridgehead atoms. The second kappa shape index (κ2) is 37.3. The van der Waals surface area contributed by atoms with Gasteiger partial charge in [-0.2, -0.15) is 0 Å². The molecule has 302 valence electrons. The molecule has 0 aromatic rings. The van der Waals surface area contributed by atoms with E-state index in [2.05, 4.69) is 31.3 Å². The number of carbonyl (C=O) groups is 1. The lowest BCUT2D eigenvalue weighted by molar-refractivity contribution is -0.124. The summed E-state index contributed by atoms with van der Waals surface area (Å²) in [5, 5.41) is 24.0. The van der Waals surface area contributed by atoms with Gasteiger partial charge in [0.1, 0.15) is 0 Å². The first kappa shape index (κ1) is 49.9. The monoisotopic (exact) mass is 745 g/mol. The van der Waals surface area contributed by atoms with Gasteiger partial charge in [-0.15, -0.1) is 0 Å². The zero-order chi connectivity index (χ0) is 37.7. The van der Waals surface area contributed by atoms with E-state index in [1.165, 1.54) is 128 Å². The molecule has 6 N–H and O–H groups in total. The van der Waals surface area contributed by atoms with Crippen molar-refractivity contribution in [3.63, 3.8) is 0 Å². The molecule has 4 unspecified atom stereocenters. The zero-order valence-electron chi connectivity index (χ0n) is 33.0. The average Bonchev–Trinajstić information content (AvgIpc) is 3.10. The largest absolute Gasteiger partial charge is 0.472 e. The highest BCUT2D eigenvalue weighted by Crippen LogP contribution is 2.43. The number of nitrogens with one attached hydrogen (secondary N) is 1. The van der Waals surface area contributed by atoms with Crippen molar-refractivity contribution in [2.24, 2.45) is 5.73 Å². The van der Waals surface area contributed by atoms with Gasteiger partial charge in [-0.3, -0.25) is 13.8 Å². The van der Waals surface area contributed by atoms with Gasteiger partial charge in [-0.05, 0) is 32.1 Å². The normalized spacial score (nSPS) is 15.0. The Hall–Kier alpha value is -1.06. The molecule has 0 saturated carbocycles. The van der Waals surface area contributed by atoms with E-state index >= 15 is 0 Å². The number of hydrogen-bond donors (Lipinski definition) is 5. The lowest BCUT2D eigenvalue weighted by Gasteiger charge is -2.24. The Kier molecular flexibility index (Phi) is 36.5. The smallest absolute Gasteiger partial charge is 0.393 e. The standard InChI is InChI=1S/C41H81N2O7P/c1-3-5-7-9-11-13-15-17-19-21-23-25-27-29-31-33-40(45)39(37-50-51(47,48)49-35-34-42)43-41(46)36-38(44)32-30-28-26-24-22-20-18-16-14-12-10-8-6-4-2/h23,25,31,33,38-40,44-45H,3-22,24,26-30,32,34-37,42H2,1-2H3,(H,43,46)(H,47,48)/b25-23+,33-31+. The highest BCUT2D eigenvalue weighted by molar-refractivity contribution is 7.47. The predicted octanol–water partition coefficient (Wildman–Crippen LogP) is 10.4. The molecule has 1 amide bonds. The van der Waals surface area contributed by atoms with Gasteiger partial charge in [0.2, 0.25) is 5.91 Å². The van der Waals surface area contributed by atoms with Crippen LogP contribution in [0.25, 0.3) is 0 Å². The number of aliphatic hydroxyl groups excluding tert-OH is 2. The second-order valence-corrected chi connectivity index (χ2v) is 15.8. The van der Waals surface area contributed by atoms with Crippen LogP contribution in [0, 0.1) is 0 Å². The van der Waals surface area contributed by atoms with Gasteiger partial charge >= 0.3 is 7.82 Å². The summed E-state index contributed by atoms with van der Waals surface area (Å²) >= 11 is 0. The summed E-state index contributed by atoms with van der Waals surface area (Å²) in [5.74, 6) is -0.455. The van der Waals surface area contributed by atoms with Crippen LogP contribution in [-0.2, 0) is 18.4 Å². The first-order valence-corrected chi connectivity index (χ1v) is 22.5. The van der Waals surface area contributed by atoms with Crippen LogP contribution in [-0.4, -0.2) is 59.0 Å². The van der Waals surface area contributed by atoms with E-state index in [0.717, 1.165) is 32.1 Å². The van der Waals surface area contributed by atoms with Gasteiger partial charge in [-0.25, -0.2) is 4.57 Å². The maximum atomic E-state index is 12.8. The van der Waals surface area contributed by atoms with Crippen molar-refractivity contribution in [3.05, 3.63) is 24.3 Å². The summed E-state index contributed by atoms with van der Waals surface area (Å²) in [6, 6.07) is -0.994. The van der Waals surface area contributed by atoms with Crippen molar-refractivity contribution in [3.8, 4) is 0 Å². The summed E-state index contributed by atoms with van der Waals surface area (Å²) in [6.07, 6.45) is 38.3. The molecule has 10 heteroatoms. The van der Waals surface area contributed by atoms with Crippen molar-refractivity contribution < 1.29 is 33.5 Å². The van der Waals surface area contributed by atoms with Crippen LogP contribution in [0.2, 0.25) is 0 Å². The average molecular weight is 745 g/mol. The number of amides is 1. The molecule has 0 aromatic carbocycles. The van der Waals surface area contributed by atoms with Crippen molar-refractivity contribution in [1.29, 1.82) is 0 Å². The molecule has 4 atom stereocenters. The highest BCUT2D eigenvalue weighted by Gasteiger charge is 2.27. The number of unbranched alkanes of at least 4 members (excludes halogenated alkanes) is 23. The first-order valence-electron chi connectivity index (χ1n) is 21.0. The lowest BCUT2D eigenvalue weighted by Crippen LogP contribution is -2.46. The van der Waals surface area contributed by atoms with Gasteiger partial charge in [0.15, 0.2) is 0 Å². The van der Waals surface area contributed by atoms with E-state index in [-0.39, 0.29) is 19.6 Å². The maximum Gasteiger partial charge on any atom is 0.472 e. The van der Waals surface area contributed by atoms with Crippen LogP contribution in [0.5, 0.6) is 0 Å². The molecule has 0 aliphatic carbocycles. The number of phosphoric ester groups is 1. The third-order valence-corrected chi connectivity index (χ3v) is 10.3. The molecular formula is C41H81N2O7P. The molecule has 0 rings (SSSR count).